The van der Waals surface area contributed by atoms with Crippen LogP contribution in [0.4, 0.5) is 4.39 Å². The average Bonchev–Trinajstić information content (AvgIpc) is 2.87. The lowest BCUT2D eigenvalue weighted by Crippen LogP contribution is -2.16. The largest absolute Gasteiger partial charge is 0.490 e. The Labute approximate surface area is 90.1 Å². The molecule has 1 saturated heterocycles. The number of halogens is 2. The van der Waals surface area contributed by atoms with Gasteiger partial charge in [0.1, 0.15) is 23.8 Å². The standard InChI is InChI=1S/C10H10BrFO2/c1-10(6-14-10)5-13-7-2-3-8(11)9(12)4-7/h2-4H,5-6H2,1H3. The first-order valence-corrected chi connectivity index (χ1v) is 5.10. The van der Waals surface area contributed by atoms with Crippen LogP contribution in [-0.2, 0) is 4.74 Å². The zero-order valence-corrected chi connectivity index (χ0v) is 9.30. The zero-order valence-electron chi connectivity index (χ0n) is 7.72. The summed E-state index contributed by atoms with van der Waals surface area (Å²) < 4.78 is 24.0. The van der Waals surface area contributed by atoms with Crippen molar-refractivity contribution in [1.82, 2.24) is 0 Å². The second kappa shape index (κ2) is 3.51. The Morgan fingerprint density at radius 3 is 2.93 bits per heavy atom. The van der Waals surface area contributed by atoms with E-state index in [2.05, 4.69) is 15.9 Å². The van der Waals surface area contributed by atoms with E-state index < -0.39 is 0 Å². The Bertz CT molecular complexity index is 350. The summed E-state index contributed by atoms with van der Waals surface area (Å²) in [6, 6.07) is 4.70. The van der Waals surface area contributed by atoms with Gasteiger partial charge in [-0.05, 0) is 35.0 Å². The third-order valence-electron chi connectivity index (χ3n) is 2.07. The molecule has 0 spiro atoms. The number of ether oxygens (including phenoxy) is 2. The predicted octanol–water partition coefficient (Wildman–Crippen LogP) is 2.76. The van der Waals surface area contributed by atoms with Crippen molar-refractivity contribution in [1.29, 1.82) is 0 Å². The minimum Gasteiger partial charge on any atom is -0.490 e. The van der Waals surface area contributed by atoms with Gasteiger partial charge in [0.05, 0.1) is 11.1 Å². The topological polar surface area (TPSA) is 21.8 Å². The molecule has 0 N–H and O–H groups in total. The van der Waals surface area contributed by atoms with E-state index >= 15 is 0 Å². The zero-order chi connectivity index (χ0) is 10.2. The molecular weight excluding hydrogens is 251 g/mol. The molecule has 0 amide bonds. The van der Waals surface area contributed by atoms with Gasteiger partial charge in [-0.3, -0.25) is 0 Å². The van der Waals surface area contributed by atoms with E-state index in [-0.39, 0.29) is 11.4 Å². The third kappa shape index (κ3) is 2.25. The number of hydrogen-bond acceptors (Lipinski definition) is 2. The van der Waals surface area contributed by atoms with Crippen LogP contribution in [0.25, 0.3) is 0 Å². The van der Waals surface area contributed by atoms with Crippen molar-refractivity contribution in [3.63, 3.8) is 0 Å². The Hall–Kier alpha value is -0.610. The summed E-state index contributed by atoms with van der Waals surface area (Å²) in [5.41, 5.74) is -0.163. The fourth-order valence-corrected chi connectivity index (χ4v) is 1.26. The molecular formula is C10H10BrFO2. The quantitative estimate of drug-likeness (QED) is 0.780. The van der Waals surface area contributed by atoms with Gasteiger partial charge in [0.15, 0.2) is 0 Å². The minimum absolute atomic E-state index is 0.163. The summed E-state index contributed by atoms with van der Waals surface area (Å²) in [5.74, 6) is 0.215. The normalized spacial score (nSPS) is 24.8. The fraction of sp³-hybridized carbons (Fsp3) is 0.400. The molecule has 1 unspecified atom stereocenters. The van der Waals surface area contributed by atoms with Gasteiger partial charge < -0.3 is 9.47 Å². The first-order chi connectivity index (χ1) is 6.59. The van der Waals surface area contributed by atoms with Gasteiger partial charge >= 0.3 is 0 Å². The molecule has 1 fully saturated rings. The Kier molecular flexibility index (Phi) is 2.49. The summed E-state index contributed by atoms with van der Waals surface area (Å²) in [5, 5.41) is 0. The number of rotatable bonds is 3. The molecule has 0 bridgehead atoms. The van der Waals surface area contributed by atoms with Crippen LogP contribution in [0.3, 0.4) is 0 Å². The molecule has 14 heavy (non-hydrogen) atoms. The van der Waals surface area contributed by atoms with Gasteiger partial charge in [0.2, 0.25) is 0 Å². The van der Waals surface area contributed by atoms with Crippen LogP contribution < -0.4 is 4.74 Å². The highest BCUT2D eigenvalue weighted by atomic mass is 79.9. The number of benzene rings is 1. The molecule has 1 atom stereocenters. The van der Waals surface area contributed by atoms with E-state index in [0.717, 1.165) is 0 Å². The summed E-state index contributed by atoms with van der Waals surface area (Å²) >= 11 is 3.08. The molecule has 1 heterocycles. The SMILES string of the molecule is CC1(COc2ccc(Br)c(F)c2)CO1. The van der Waals surface area contributed by atoms with Gasteiger partial charge in [-0.1, -0.05) is 0 Å². The van der Waals surface area contributed by atoms with Gasteiger partial charge in [-0.15, -0.1) is 0 Å². The van der Waals surface area contributed by atoms with E-state index in [1.54, 1.807) is 12.1 Å². The van der Waals surface area contributed by atoms with Crippen molar-refractivity contribution in [3.8, 4) is 5.75 Å². The van der Waals surface area contributed by atoms with Gasteiger partial charge in [-0.2, -0.15) is 0 Å². The number of hydrogen-bond donors (Lipinski definition) is 0. The maximum absolute atomic E-state index is 13.1. The van der Waals surface area contributed by atoms with Crippen molar-refractivity contribution in [2.45, 2.75) is 12.5 Å². The fourth-order valence-electron chi connectivity index (χ4n) is 1.01. The minimum atomic E-state index is -0.315. The van der Waals surface area contributed by atoms with Crippen LogP contribution in [0.1, 0.15) is 6.92 Å². The molecule has 0 saturated carbocycles. The first kappa shape index (κ1) is 9.93. The smallest absolute Gasteiger partial charge is 0.141 e. The van der Waals surface area contributed by atoms with Crippen molar-refractivity contribution in [2.24, 2.45) is 0 Å². The molecule has 0 aromatic heterocycles. The van der Waals surface area contributed by atoms with E-state index in [4.69, 9.17) is 9.47 Å². The summed E-state index contributed by atoms with van der Waals surface area (Å²) in [4.78, 5) is 0. The first-order valence-electron chi connectivity index (χ1n) is 4.31. The van der Waals surface area contributed by atoms with Gasteiger partial charge in [0, 0.05) is 6.07 Å². The molecule has 2 nitrogen and oxygen atoms in total. The lowest BCUT2D eigenvalue weighted by atomic mass is 10.2. The lowest BCUT2D eigenvalue weighted by Gasteiger charge is -2.08. The number of epoxide rings is 1. The van der Waals surface area contributed by atoms with Gasteiger partial charge in [-0.25, -0.2) is 4.39 Å². The van der Waals surface area contributed by atoms with Crippen LogP contribution in [-0.4, -0.2) is 18.8 Å². The molecule has 1 aromatic carbocycles. The van der Waals surface area contributed by atoms with Crippen molar-refractivity contribution in [3.05, 3.63) is 28.5 Å². The van der Waals surface area contributed by atoms with E-state index in [1.165, 1.54) is 6.07 Å². The summed E-state index contributed by atoms with van der Waals surface area (Å²) in [6.07, 6.45) is 0. The second-order valence-corrected chi connectivity index (χ2v) is 4.46. The third-order valence-corrected chi connectivity index (χ3v) is 2.72. The molecule has 4 heteroatoms. The highest BCUT2D eigenvalue weighted by Crippen LogP contribution is 2.28. The monoisotopic (exact) mass is 260 g/mol. The predicted molar refractivity (Wildman–Crippen MR) is 54.0 cm³/mol. The average molecular weight is 261 g/mol. The molecule has 1 aliphatic rings. The molecule has 76 valence electrons. The van der Waals surface area contributed by atoms with Crippen LogP contribution in [0.5, 0.6) is 5.75 Å². The maximum Gasteiger partial charge on any atom is 0.141 e. The van der Waals surface area contributed by atoms with Crippen molar-refractivity contribution < 1.29 is 13.9 Å². The van der Waals surface area contributed by atoms with Crippen molar-refractivity contribution >= 4 is 15.9 Å². The Balaban J connectivity index is 1.99. The second-order valence-electron chi connectivity index (χ2n) is 3.60. The molecule has 1 aliphatic heterocycles. The van der Waals surface area contributed by atoms with Crippen LogP contribution in [0, 0.1) is 5.82 Å². The van der Waals surface area contributed by atoms with Crippen LogP contribution >= 0.6 is 15.9 Å². The van der Waals surface area contributed by atoms with Crippen LogP contribution in [0.15, 0.2) is 22.7 Å². The van der Waals surface area contributed by atoms with Crippen LogP contribution in [0.2, 0.25) is 0 Å². The van der Waals surface area contributed by atoms with E-state index in [9.17, 15) is 4.39 Å². The van der Waals surface area contributed by atoms with Gasteiger partial charge in [0.25, 0.3) is 0 Å². The van der Waals surface area contributed by atoms with E-state index in [0.29, 0.717) is 23.4 Å². The molecule has 1 aromatic rings. The Morgan fingerprint density at radius 1 is 1.64 bits per heavy atom. The lowest BCUT2D eigenvalue weighted by molar-refractivity contribution is 0.202. The molecule has 0 radical (unpaired) electrons. The summed E-state index contributed by atoms with van der Waals surface area (Å²) in [6.45, 7) is 3.14. The Morgan fingerprint density at radius 2 is 2.36 bits per heavy atom. The highest BCUT2D eigenvalue weighted by Gasteiger charge is 2.40. The molecule has 2 rings (SSSR count). The summed E-state index contributed by atoms with van der Waals surface area (Å²) in [7, 11) is 0. The maximum atomic E-state index is 13.1. The van der Waals surface area contributed by atoms with E-state index in [1.807, 2.05) is 6.92 Å². The highest BCUT2D eigenvalue weighted by molar-refractivity contribution is 9.10. The van der Waals surface area contributed by atoms with Crippen molar-refractivity contribution in [2.75, 3.05) is 13.2 Å². The molecule has 0 aliphatic carbocycles.